The Balaban J connectivity index is 1.85. The van der Waals surface area contributed by atoms with E-state index in [0.29, 0.717) is 6.42 Å². The second-order valence-corrected chi connectivity index (χ2v) is 5.01. The van der Waals surface area contributed by atoms with Crippen LogP contribution in [0.15, 0.2) is 54.6 Å². The molecule has 100 valence electrons. The zero-order valence-corrected chi connectivity index (χ0v) is 11.5. The number of aryl methyl sites for hydroxylation is 1. The van der Waals surface area contributed by atoms with E-state index < -0.39 is 0 Å². The van der Waals surface area contributed by atoms with Gasteiger partial charge in [-0.05, 0) is 31.2 Å². The molecule has 0 aliphatic carbocycles. The molecule has 2 N–H and O–H groups in total. The first-order valence-corrected chi connectivity index (χ1v) is 6.76. The highest BCUT2D eigenvalue weighted by atomic mass is 14.8. The highest BCUT2D eigenvalue weighted by molar-refractivity contribution is 5.78. The zero-order valence-electron chi connectivity index (χ0n) is 11.5. The molecular formula is C17H17N3. The average molecular weight is 263 g/mol. The number of fused-ring (bicyclic) bond motifs is 1. The van der Waals surface area contributed by atoms with Crippen molar-refractivity contribution in [3.05, 3.63) is 71.7 Å². The van der Waals surface area contributed by atoms with Gasteiger partial charge in [-0.2, -0.15) is 0 Å². The maximum atomic E-state index is 6.24. The number of para-hydroxylation sites is 1. The third kappa shape index (κ3) is 2.68. The number of hydrogen-bond acceptors (Lipinski definition) is 3. The molecule has 20 heavy (non-hydrogen) atoms. The molecule has 0 amide bonds. The van der Waals surface area contributed by atoms with Crippen molar-refractivity contribution in [3.63, 3.8) is 0 Å². The van der Waals surface area contributed by atoms with E-state index in [2.05, 4.69) is 22.1 Å². The van der Waals surface area contributed by atoms with Crippen molar-refractivity contribution >= 4 is 10.9 Å². The van der Waals surface area contributed by atoms with Crippen molar-refractivity contribution in [1.29, 1.82) is 0 Å². The topological polar surface area (TPSA) is 51.8 Å². The van der Waals surface area contributed by atoms with Gasteiger partial charge in [0.05, 0.1) is 17.3 Å². The first kappa shape index (κ1) is 12.8. The summed E-state index contributed by atoms with van der Waals surface area (Å²) in [5, 5.41) is 1.15. The van der Waals surface area contributed by atoms with Crippen LogP contribution in [0, 0.1) is 6.92 Å². The first-order chi connectivity index (χ1) is 9.72. The summed E-state index contributed by atoms with van der Waals surface area (Å²) < 4.78 is 0. The normalized spacial score (nSPS) is 12.5. The van der Waals surface area contributed by atoms with Crippen LogP contribution in [0.1, 0.15) is 23.1 Å². The Hall–Kier alpha value is -2.26. The van der Waals surface area contributed by atoms with Gasteiger partial charge in [0, 0.05) is 23.2 Å². The Morgan fingerprint density at radius 2 is 1.80 bits per heavy atom. The highest BCUT2D eigenvalue weighted by Gasteiger charge is 2.10. The summed E-state index contributed by atoms with van der Waals surface area (Å²) in [6, 6.07) is 18.1. The molecule has 1 aromatic carbocycles. The van der Waals surface area contributed by atoms with Crippen LogP contribution < -0.4 is 5.73 Å². The molecule has 0 saturated heterocycles. The van der Waals surface area contributed by atoms with Crippen LogP contribution in [0.5, 0.6) is 0 Å². The molecule has 0 radical (unpaired) electrons. The molecule has 2 heterocycles. The fourth-order valence-corrected chi connectivity index (χ4v) is 2.32. The SMILES string of the molecule is Cc1cccc(C(N)Cc2ccc3ccccc3n2)n1. The third-order valence-electron chi connectivity index (χ3n) is 3.37. The van der Waals surface area contributed by atoms with Crippen LogP contribution >= 0.6 is 0 Å². The summed E-state index contributed by atoms with van der Waals surface area (Å²) in [6.07, 6.45) is 0.696. The highest BCUT2D eigenvalue weighted by Crippen LogP contribution is 2.17. The second-order valence-electron chi connectivity index (χ2n) is 5.01. The smallest absolute Gasteiger partial charge is 0.0705 e. The van der Waals surface area contributed by atoms with Crippen LogP contribution in [-0.2, 0) is 6.42 Å². The van der Waals surface area contributed by atoms with Gasteiger partial charge in [-0.3, -0.25) is 9.97 Å². The van der Waals surface area contributed by atoms with Crippen molar-refractivity contribution in [2.75, 3.05) is 0 Å². The minimum Gasteiger partial charge on any atom is -0.322 e. The summed E-state index contributed by atoms with van der Waals surface area (Å²) in [6.45, 7) is 1.98. The van der Waals surface area contributed by atoms with Gasteiger partial charge in [-0.25, -0.2) is 0 Å². The molecule has 1 unspecified atom stereocenters. The lowest BCUT2D eigenvalue weighted by atomic mass is 10.1. The van der Waals surface area contributed by atoms with E-state index in [1.165, 1.54) is 0 Å². The van der Waals surface area contributed by atoms with Gasteiger partial charge in [-0.1, -0.05) is 30.3 Å². The lowest BCUT2D eigenvalue weighted by Crippen LogP contribution is -2.15. The largest absolute Gasteiger partial charge is 0.322 e. The number of nitrogens with zero attached hydrogens (tertiary/aromatic N) is 2. The van der Waals surface area contributed by atoms with E-state index in [1.54, 1.807) is 0 Å². The molecule has 0 fully saturated rings. The van der Waals surface area contributed by atoms with E-state index >= 15 is 0 Å². The van der Waals surface area contributed by atoms with Crippen LogP contribution in [-0.4, -0.2) is 9.97 Å². The molecule has 3 aromatic rings. The van der Waals surface area contributed by atoms with Crippen LogP contribution in [0.4, 0.5) is 0 Å². The number of nitrogens with two attached hydrogens (primary N) is 1. The Labute approximate surface area is 118 Å². The van der Waals surface area contributed by atoms with Gasteiger partial charge in [0.2, 0.25) is 0 Å². The molecule has 0 saturated carbocycles. The van der Waals surface area contributed by atoms with Crippen molar-refractivity contribution < 1.29 is 0 Å². The van der Waals surface area contributed by atoms with Gasteiger partial charge in [0.15, 0.2) is 0 Å². The Morgan fingerprint density at radius 1 is 0.950 bits per heavy atom. The molecule has 1 atom stereocenters. The van der Waals surface area contributed by atoms with Crippen LogP contribution in [0.3, 0.4) is 0 Å². The van der Waals surface area contributed by atoms with E-state index in [1.807, 2.05) is 49.4 Å². The monoisotopic (exact) mass is 263 g/mol. The lowest BCUT2D eigenvalue weighted by molar-refractivity contribution is 0.682. The number of rotatable bonds is 3. The van der Waals surface area contributed by atoms with E-state index in [9.17, 15) is 0 Å². The summed E-state index contributed by atoms with van der Waals surface area (Å²) in [4.78, 5) is 9.13. The fraction of sp³-hybridized carbons (Fsp3) is 0.176. The maximum absolute atomic E-state index is 6.24. The zero-order chi connectivity index (χ0) is 13.9. The molecule has 0 bridgehead atoms. The van der Waals surface area contributed by atoms with Gasteiger partial charge >= 0.3 is 0 Å². The van der Waals surface area contributed by atoms with Gasteiger partial charge in [0.1, 0.15) is 0 Å². The molecule has 3 heteroatoms. The Kier molecular flexibility index (Phi) is 3.44. The van der Waals surface area contributed by atoms with Gasteiger partial charge in [-0.15, -0.1) is 0 Å². The second kappa shape index (κ2) is 5.39. The van der Waals surface area contributed by atoms with Crippen LogP contribution in [0.25, 0.3) is 10.9 Å². The number of benzene rings is 1. The van der Waals surface area contributed by atoms with Crippen molar-refractivity contribution in [2.45, 2.75) is 19.4 Å². The summed E-state index contributed by atoms with van der Waals surface area (Å²) in [7, 11) is 0. The number of aromatic nitrogens is 2. The average Bonchev–Trinajstić information content (AvgIpc) is 2.47. The molecule has 0 spiro atoms. The van der Waals surface area contributed by atoms with Crippen molar-refractivity contribution in [3.8, 4) is 0 Å². The van der Waals surface area contributed by atoms with E-state index in [-0.39, 0.29) is 6.04 Å². The summed E-state index contributed by atoms with van der Waals surface area (Å²) in [5.41, 5.74) is 10.2. The Bertz CT molecular complexity index is 737. The van der Waals surface area contributed by atoms with Crippen LogP contribution in [0.2, 0.25) is 0 Å². The van der Waals surface area contributed by atoms with Gasteiger partial charge < -0.3 is 5.73 Å². The predicted octanol–water partition coefficient (Wildman–Crippen LogP) is 3.18. The number of pyridine rings is 2. The molecule has 0 aliphatic heterocycles. The molecule has 3 rings (SSSR count). The van der Waals surface area contributed by atoms with E-state index in [4.69, 9.17) is 5.73 Å². The van der Waals surface area contributed by atoms with Crippen molar-refractivity contribution in [1.82, 2.24) is 9.97 Å². The lowest BCUT2D eigenvalue weighted by Gasteiger charge is -2.11. The minimum absolute atomic E-state index is 0.122. The molecular weight excluding hydrogens is 246 g/mol. The molecule has 0 aliphatic rings. The maximum Gasteiger partial charge on any atom is 0.0705 e. The fourth-order valence-electron chi connectivity index (χ4n) is 2.32. The van der Waals surface area contributed by atoms with Gasteiger partial charge in [0.25, 0.3) is 0 Å². The quantitative estimate of drug-likeness (QED) is 0.789. The number of hydrogen-bond donors (Lipinski definition) is 1. The first-order valence-electron chi connectivity index (χ1n) is 6.76. The van der Waals surface area contributed by atoms with Crippen molar-refractivity contribution in [2.24, 2.45) is 5.73 Å². The molecule has 2 aromatic heterocycles. The summed E-state index contributed by atoms with van der Waals surface area (Å²) >= 11 is 0. The Morgan fingerprint density at radius 3 is 2.65 bits per heavy atom. The molecule has 3 nitrogen and oxygen atoms in total. The predicted molar refractivity (Wildman–Crippen MR) is 81.3 cm³/mol. The van der Waals surface area contributed by atoms with E-state index in [0.717, 1.165) is 28.0 Å². The standard InChI is InChI=1S/C17H17N3/c1-12-5-4-8-17(19-12)15(18)11-14-10-9-13-6-2-3-7-16(13)20-14/h2-10,15H,11,18H2,1H3. The summed E-state index contributed by atoms with van der Waals surface area (Å²) in [5.74, 6) is 0. The third-order valence-corrected chi connectivity index (χ3v) is 3.37. The minimum atomic E-state index is -0.122.